The van der Waals surface area contributed by atoms with Crippen molar-refractivity contribution in [2.45, 2.75) is 58.0 Å². The summed E-state index contributed by atoms with van der Waals surface area (Å²) < 4.78 is 0. The number of carbonyl (C=O) groups excluding carboxylic acids is 1. The normalized spacial score (nSPS) is 20.3. The summed E-state index contributed by atoms with van der Waals surface area (Å²) in [6.45, 7) is 6.69. The first kappa shape index (κ1) is 27.2. The highest BCUT2D eigenvalue weighted by Crippen LogP contribution is 2.43. The van der Waals surface area contributed by atoms with Gasteiger partial charge in [-0.25, -0.2) is 0 Å². The third kappa shape index (κ3) is 6.00. The molecule has 0 radical (unpaired) electrons. The van der Waals surface area contributed by atoms with Gasteiger partial charge in [0.2, 0.25) is 0 Å². The molecule has 0 spiro atoms. The van der Waals surface area contributed by atoms with Gasteiger partial charge in [0.1, 0.15) is 0 Å². The van der Waals surface area contributed by atoms with E-state index in [9.17, 15) is 4.79 Å². The molecule has 2 aliphatic heterocycles. The number of amides is 1. The molecule has 0 saturated carbocycles. The number of halogens is 1. The van der Waals surface area contributed by atoms with Gasteiger partial charge in [-0.3, -0.25) is 9.69 Å². The Morgan fingerprint density at radius 3 is 1.84 bits per heavy atom. The van der Waals surface area contributed by atoms with E-state index in [0.29, 0.717) is 12.1 Å². The SMILES string of the molecule is CCN(CC)C(=O)c1ccc(C(=C2C[C@H]3CC[C@@H](C2)N3CCc2ccccc2)c2ccccc2)cc1.Cl. The van der Waals surface area contributed by atoms with Gasteiger partial charge in [0, 0.05) is 37.3 Å². The molecule has 37 heavy (non-hydrogen) atoms. The van der Waals surface area contributed by atoms with E-state index in [-0.39, 0.29) is 18.3 Å². The largest absolute Gasteiger partial charge is 0.339 e. The Balaban J connectivity index is 0.00000320. The molecule has 5 rings (SSSR count). The van der Waals surface area contributed by atoms with Gasteiger partial charge >= 0.3 is 0 Å². The number of rotatable bonds is 8. The van der Waals surface area contributed by atoms with Crippen molar-refractivity contribution in [3.8, 4) is 0 Å². The zero-order valence-electron chi connectivity index (χ0n) is 22.1. The van der Waals surface area contributed by atoms with Crippen LogP contribution < -0.4 is 0 Å². The van der Waals surface area contributed by atoms with Crippen molar-refractivity contribution in [3.63, 3.8) is 0 Å². The molecule has 2 saturated heterocycles. The minimum Gasteiger partial charge on any atom is -0.339 e. The lowest BCUT2D eigenvalue weighted by Gasteiger charge is -2.37. The molecule has 3 nitrogen and oxygen atoms in total. The summed E-state index contributed by atoms with van der Waals surface area (Å²) in [7, 11) is 0. The third-order valence-corrected chi connectivity index (χ3v) is 8.12. The van der Waals surface area contributed by atoms with Crippen LogP contribution in [0.15, 0.2) is 90.5 Å². The lowest BCUT2D eigenvalue weighted by atomic mass is 9.85. The number of fused-ring (bicyclic) bond motifs is 2. The summed E-state index contributed by atoms with van der Waals surface area (Å²) in [5, 5.41) is 0. The smallest absolute Gasteiger partial charge is 0.253 e. The Labute approximate surface area is 228 Å². The van der Waals surface area contributed by atoms with E-state index in [4.69, 9.17) is 0 Å². The van der Waals surface area contributed by atoms with Gasteiger partial charge in [0.25, 0.3) is 5.91 Å². The maximum Gasteiger partial charge on any atom is 0.253 e. The minimum atomic E-state index is 0. The topological polar surface area (TPSA) is 23.6 Å². The van der Waals surface area contributed by atoms with E-state index in [1.807, 2.05) is 30.9 Å². The van der Waals surface area contributed by atoms with E-state index < -0.39 is 0 Å². The van der Waals surface area contributed by atoms with Crippen molar-refractivity contribution in [1.82, 2.24) is 9.80 Å². The van der Waals surface area contributed by atoms with Crippen LogP contribution in [0.5, 0.6) is 0 Å². The standard InChI is InChI=1S/C33H38N2O.ClH/c1-3-34(4-2)33(36)28-17-15-27(16-18-28)32(26-13-9-6-10-14-26)29-23-30-19-20-31(24-29)35(30)22-21-25-11-7-5-8-12-25;/h5-18,30-31H,3-4,19-24H2,1-2H3;1H/t30-,31+;. The molecule has 2 heterocycles. The number of benzene rings is 3. The molecule has 2 fully saturated rings. The lowest BCUT2D eigenvalue weighted by Crippen LogP contribution is -2.41. The van der Waals surface area contributed by atoms with Crippen LogP contribution in [0.1, 0.15) is 66.6 Å². The van der Waals surface area contributed by atoms with E-state index in [2.05, 4.69) is 77.7 Å². The maximum atomic E-state index is 12.9. The zero-order valence-corrected chi connectivity index (χ0v) is 22.9. The van der Waals surface area contributed by atoms with Crippen molar-refractivity contribution in [2.75, 3.05) is 19.6 Å². The number of hydrogen-bond donors (Lipinski definition) is 0. The van der Waals surface area contributed by atoms with Gasteiger partial charge in [-0.05, 0) is 80.3 Å². The van der Waals surface area contributed by atoms with Crippen molar-refractivity contribution in [3.05, 3.63) is 113 Å². The van der Waals surface area contributed by atoms with Crippen LogP contribution in [0.2, 0.25) is 0 Å². The molecule has 4 heteroatoms. The molecule has 2 bridgehead atoms. The minimum absolute atomic E-state index is 0. The van der Waals surface area contributed by atoms with Crippen LogP contribution in [0, 0.1) is 0 Å². The van der Waals surface area contributed by atoms with E-state index in [1.54, 1.807) is 5.57 Å². The van der Waals surface area contributed by atoms with Crippen molar-refractivity contribution < 1.29 is 4.79 Å². The highest BCUT2D eigenvalue weighted by molar-refractivity contribution is 5.95. The van der Waals surface area contributed by atoms with Gasteiger partial charge in [0.15, 0.2) is 0 Å². The van der Waals surface area contributed by atoms with Gasteiger partial charge in [-0.2, -0.15) is 0 Å². The first-order valence-electron chi connectivity index (χ1n) is 13.6. The van der Waals surface area contributed by atoms with Crippen LogP contribution in [0.3, 0.4) is 0 Å². The molecule has 0 N–H and O–H groups in total. The first-order valence-corrected chi connectivity index (χ1v) is 13.6. The predicted octanol–water partition coefficient (Wildman–Crippen LogP) is 7.26. The fraction of sp³-hybridized carbons (Fsp3) is 0.364. The Kier molecular flexibility index (Phi) is 9.23. The summed E-state index contributed by atoms with van der Waals surface area (Å²) >= 11 is 0. The number of carbonyl (C=O) groups is 1. The molecule has 0 aliphatic carbocycles. The van der Waals surface area contributed by atoms with Crippen LogP contribution in [0.4, 0.5) is 0 Å². The molecule has 2 aliphatic rings. The Bertz CT molecular complexity index is 1170. The van der Waals surface area contributed by atoms with Gasteiger partial charge in [-0.1, -0.05) is 78.4 Å². The van der Waals surface area contributed by atoms with Crippen LogP contribution >= 0.6 is 12.4 Å². The van der Waals surface area contributed by atoms with Gasteiger partial charge < -0.3 is 4.90 Å². The maximum absolute atomic E-state index is 12.9. The van der Waals surface area contributed by atoms with E-state index in [0.717, 1.165) is 44.5 Å². The summed E-state index contributed by atoms with van der Waals surface area (Å²) in [5.74, 6) is 0.116. The Morgan fingerprint density at radius 1 is 0.757 bits per heavy atom. The summed E-state index contributed by atoms with van der Waals surface area (Å²) in [6, 6.07) is 31.3. The summed E-state index contributed by atoms with van der Waals surface area (Å²) in [4.78, 5) is 17.5. The molecule has 0 unspecified atom stereocenters. The zero-order chi connectivity index (χ0) is 24.9. The molecule has 2 atom stereocenters. The molecule has 1 amide bonds. The highest BCUT2D eigenvalue weighted by Gasteiger charge is 2.39. The van der Waals surface area contributed by atoms with E-state index >= 15 is 0 Å². The Hall–Kier alpha value is -2.88. The molecule has 0 aromatic heterocycles. The second-order valence-corrected chi connectivity index (χ2v) is 10.2. The summed E-state index contributed by atoms with van der Waals surface area (Å²) in [6.07, 6.45) is 5.98. The molecule has 3 aromatic rings. The number of piperidine rings is 1. The van der Waals surface area contributed by atoms with Crippen molar-refractivity contribution >= 4 is 23.9 Å². The molecular formula is C33H39ClN2O. The quantitative estimate of drug-likeness (QED) is 0.316. The molecule has 3 aromatic carbocycles. The van der Waals surface area contributed by atoms with Crippen molar-refractivity contribution in [2.24, 2.45) is 0 Å². The number of hydrogen-bond acceptors (Lipinski definition) is 2. The summed E-state index contributed by atoms with van der Waals surface area (Å²) in [5.41, 5.74) is 7.67. The molecule has 194 valence electrons. The van der Waals surface area contributed by atoms with Crippen molar-refractivity contribution in [1.29, 1.82) is 0 Å². The van der Waals surface area contributed by atoms with Crippen LogP contribution in [-0.2, 0) is 6.42 Å². The third-order valence-electron chi connectivity index (χ3n) is 8.12. The lowest BCUT2D eigenvalue weighted by molar-refractivity contribution is 0.0773. The fourth-order valence-corrected chi connectivity index (χ4v) is 6.23. The van der Waals surface area contributed by atoms with Crippen LogP contribution in [0.25, 0.3) is 5.57 Å². The second kappa shape index (κ2) is 12.6. The average molecular weight is 515 g/mol. The Morgan fingerprint density at radius 2 is 1.27 bits per heavy atom. The average Bonchev–Trinajstić information content (AvgIpc) is 3.17. The predicted molar refractivity (Wildman–Crippen MR) is 156 cm³/mol. The van der Waals surface area contributed by atoms with Gasteiger partial charge in [-0.15, -0.1) is 12.4 Å². The monoisotopic (exact) mass is 514 g/mol. The van der Waals surface area contributed by atoms with Gasteiger partial charge in [0.05, 0.1) is 0 Å². The fourth-order valence-electron chi connectivity index (χ4n) is 6.23. The van der Waals surface area contributed by atoms with Crippen LogP contribution in [-0.4, -0.2) is 47.4 Å². The first-order chi connectivity index (χ1) is 17.7. The molecular weight excluding hydrogens is 476 g/mol. The van der Waals surface area contributed by atoms with E-state index in [1.165, 1.54) is 35.1 Å². The highest BCUT2D eigenvalue weighted by atomic mass is 35.5. The number of nitrogens with zero attached hydrogens (tertiary/aromatic N) is 2. The second-order valence-electron chi connectivity index (χ2n) is 10.2.